The molecule has 3 heteroatoms. The first-order valence-electron chi connectivity index (χ1n) is 8.29. The Labute approximate surface area is 116 Å². The lowest BCUT2D eigenvalue weighted by Gasteiger charge is -2.30. The zero-order chi connectivity index (χ0) is 13.2. The van der Waals surface area contributed by atoms with E-state index < -0.39 is 0 Å². The molecule has 0 spiro atoms. The van der Waals surface area contributed by atoms with Crippen LogP contribution >= 0.6 is 0 Å². The predicted molar refractivity (Wildman–Crippen MR) is 76.6 cm³/mol. The van der Waals surface area contributed by atoms with Crippen LogP contribution in [0.2, 0.25) is 0 Å². The van der Waals surface area contributed by atoms with E-state index in [0.29, 0.717) is 24.3 Å². The predicted octanol–water partition coefficient (Wildman–Crippen LogP) is 2.69. The van der Waals surface area contributed by atoms with Gasteiger partial charge in [-0.05, 0) is 50.4 Å². The van der Waals surface area contributed by atoms with Crippen molar-refractivity contribution in [1.82, 2.24) is 4.90 Å². The molecule has 3 nitrogen and oxygen atoms in total. The first-order valence-corrected chi connectivity index (χ1v) is 8.29. The lowest BCUT2D eigenvalue weighted by molar-refractivity contribution is -0.133. The molecule has 1 unspecified atom stereocenters. The highest BCUT2D eigenvalue weighted by Crippen LogP contribution is 2.35. The minimum absolute atomic E-state index is 0.125. The van der Waals surface area contributed by atoms with E-state index in [1.165, 1.54) is 57.8 Å². The molecule has 3 aliphatic rings. The Hall–Kier alpha value is -0.570. The summed E-state index contributed by atoms with van der Waals surface area (Å²) < 4.78 is 0. The zero-order valence-electron chi connectivity index (χ0n) is 12.0. The fraction of sp³-hybridized carbons (Fsp3) is 0.938. The molecule has 0 heterocycles. The summed E-state index contributed by atoms with van der Waals surface area (Å²) in [4.78, 5) is 14.7. The first-order chi connectivity index (χ1) is 9.24. The molecular formula is C16H28N2O. The molecule has 0 aromatic carbocycles. The van der Waals surface area contributed by atoms with Crippen LogP contribution in [0.1, 0.15) is 64.2 Å². The van der Waals surface area contributed by atoms with E-state index >= 15 is 0 Å². The molecular weight excluding hydrogens is 236 g/mol. The van der Waals surface area contributed by atoms with Crippen molar-refractivity contribution in [3.63, 3.8) is 0 Å². The average Bonchev–Trinajstić information content (AvgIpc) is 3.30. The van der Waals surface area contributed by atoms with Crippen LogP contribution in [0.25, 0.3) is 0 Å². The molecule has 2 N–H and O–H groups in total. The van der Waals surface area contributed by atoms with Crippen LogP contribution in [0.3, 0.4) is 0 Å². The summed E-state index contributed by atoms with van der Waals surface area (Å²) in [5, 5.41) is 0. The molecule has 0 bridgehead atoms. The summed E-state index contributed by atoms with van der Waals surface area (Å²) in [6.07, 6.45) is 12.3. The molecule has 0 aromatic heterocycles. The Morgan fingerprint density at radius 3 is 2.32 bits per heavy atom. The number of nitrogens with two attached hydrogens (primary N) is 1. The molecule has 19 heavy (non-hydrogen) atoms. The van der Waals surface area contributed by atoms with Gasteiger partial charge in [0, 0.05) is 25.0 Å². The van der Waals surface area contributed by atoms with Crippen molar-refractivity contribution in [3.05, 3.63) is 0 Å². The summed E-state index contributed by atoms with van der Waals surface area (Å²) in [6, 6.07) is 0.681. The van der Waals surface area contributed by atoms with Gasteiger partial charge in [0.25, 0.3) is 0 Å². The van der Waals surface area contributed by atoms with Gasteiger partial charge in [0.1, 0.15) is 0 Å². The van der Waals surface area contributed by atoms with Crippen molar-refractivity contribution in [2.24, 2.45) is 17.6 Å². The minimum Gasteiger partial charge on any atom is -0.339 e. The van der Waals surface area contributed by atoms with Crippen molar-refractivity contribution in [2.75, 3.05) is 6.54 Å². The minimum atomic E-state index is 0.125. The number of rotatable bonds is 6. The molecule has 3 fully saturated rings. The first kappa shape index (κ1) is 13.4. The SMILES string of the molecule is NC(CC(=O)N(CC1CCCCC1)C1CC1)C1CC1. The van der Waals surface area contributed by atoms with Gasteiger partial charge in [0.15, 0.2) is 0 Å². The van der Waals surface area contributed by atoms with Crippen molar-refractivity contribution in [2.45, 2.75) is 76.3 Å². The molecule has 3 saturated carbocycles. The van der Waals surface area contributed by atoms with Crippen LogP contribution in [0.4, 0.5) is 0 Å². The van der Waals surface area contributed by atoms with Crippen molar-refractivity contribution < 1.29 is 4.79 Å². The number of hydrogen-bond donors (Lipinski definition) is 1. The summed E-state index contributed by atoms with van der Waals surface area (Å²) >= 11 is 0. The van der Waals surface area contributed by atoms with Gasteiger partial charge < -0.3 is 10.6 Å². The largest absolute Gasteiger partial charge is 0.339 e. The van der Waals surface area contributed by atoms with E-state index in [9.17, 15) is 4.79 Å². The number of amides is 1. The standard InChI is InChI=1S/C16H28N2O/c17-15(13-6-7-13)10-16(19)18(14-8-9-14)11-12-4-2-1-3-5-12/h12-15H,1-11,17H2. The van der Waals surface area contributed by atoms with Crippen LogP contribution < -0.4 is 5.73 Å². The Bertz CT molecular complexity index is 317. The van der Waals surface area contributed by atoms with Crippen molar-refractivity contribution >= 4 is 5.91 Å². The lowest BCUT2D eigenvalue weighted by atomic mass is 9.88. The van der Waals surface area contributed by atoms with Crippen molar-refractivity contribution in [3.8, 4) is 0 Å². The molecule has 0 saturated heterocycles. The molecule has 108 valence electrons. The maximum atomic E-state index is 12.5. The van der Waals surface area contributed by atoms with Crippen LogP contribution in [-0.4, -0.2) is 29.4 Å². The second kappa shape index (κ2) is 5.82. The Balaban J connectivity index is 1.51. The highest BCUT2D eigenvalue weighted by atomic mass is 16.2. The van der Waals surface area contributed by atoms with E-state index in [2.05, 4.69) is 4.90 Å². The Morgan fingerprint density at radius 2 is 1.74 bits per heavy atom. The van der Waals surface area contributed by atoms with E-state index in [1.807, 2.05) is 0 Å². The Morgan fingerprint density at radius 1 is 1.05 bits per heavy atom. The highest BCUT2D eigenvalue weighted by Gasteiger charge is 2.36. The third kappa shape index (κ3) is 3.71. The molecule has 3 aliphatic carbocycles. The zero-order valence-corrected chi connectivity index (χ0v) is 12.0. The van der Waals surface area contributed by atoms with E-state index in [4.69, 9.17) is 5.73 Å². The number of nitrogens with zero attached hydrogens (tertiary/aromatic N) is 1. The monoisotopic (exact) mass is 264 g/mol. The lowest BCUT2D eigenvalue weighted by Crippen LogP contribution is -2.41. The molecule has 0 radical (unpaired) electrons. The quantitative estimate of drug-likeness (QED) is 0.801. The molecule has 0 aliphatic heterocycles. The average molecular weight is 264 g/mol. The molecule has 1 atom stereocenters. The third-order valence-corrected chi connectivity index (χ3v) is 5.13. The summed E-state index contributed by atoms with van der Waals surface area (Å²) in [5.74, 6) is 1.74. The van der Waals surface area contributed by atoms with Gasteiger partial charge in [-0.25, -0.2) is 0 Å². The number of carbonyl (C=O) groups excluding carboxylic acids is 1. The number of hydrogen-bond acceptors (Lipinski definition) is 2. The van der Waals surface area contributed by atoms with Gasteiger partial charge in [-0.15, -0.1) is 0 Å². The van der Waals surface area contributed by atoms with E-state index in [0.717, 1.165) is 12.5 Å². The molecule has 3 rings (SSSR count). The highest BCUT2D eigenvalue weighted by molar-refractivity contribution is 5.77. The fourth-order valence-electron chi connectivity index (χ4n) is 3.50. The van der Waals surface area contributed by atoms with Crippen LogP contribution in [0.5, 0.6) is 0 Å². The number of carbonyl (C=O) groups is 1. The van der Waals surface area contributed by atoms with Gasteiger partial charge in [0.05, 0.1) is 0 Å². The van der Waals surface area contributed by atoms with E-state index in [-0.39, 0.29) is 6.04 Å². The van der Waals surface area contributed by atoms with Gasteiger partial charge in [-0.2, -0.15) is 0 Å². The summed E-state index contributed by atoms with van der Waals surface area (Å²) in [5.41, 5.74) is 6.12. The van der Waals surface area contributed by atoms with Crippen molar-refractivity contribution in [1.29, 1.82) is 0 Å². The summed E-state index contributed by atoms with van der Waals surface area (Å²) in [6.45, 7) is 1.01. The maximum Gasteiger partial charge on any atom is 0.224 e. The van der Waals surface area contributed by atoms with Crippen LogP contribution in [0.15, 0.2) is 0 Å². The van der Waals surface area contributed by atoms with Crippen LogP contribution in [0, 0.1) is 11.8 Å². The molecule has 1 amide bonds. The normalized spacial score (nSPS) is 26.2. The molecule has 0 aromatic rings. The Kier molecular flexibility index (Phi) is 4.11. The summed E-state index contributed by atoms with van der Waals surface area (Å²) in [7, 11) is 0. The van der Waals surface area contributed by atoms with Gasteiger partial charge in [-0.3, -0.25) is 4.79 Å². The second-order valence-electron chi connectivity index (χ2n) is 6.99. The van der Waals surface area contributed by atoms with E-state index in [1.54, 1.807) is 0 Å². The topological polar surface area (TPSA) is 46.3 Å². The van der Waals surface area contributed by atoms with Gasteiger partial charge >= 0.3 is 0 Å². The fourth-order valence-corrected chi connectivity index (χ4v) is 3.50. The van der Waals surface area contributed by atoms with Gasteiger partial charge in [-0.1, -0.05) is 19.3 Å². The smallest absolute Gasteiger partial charge is 0.224 e. The third-order valence-electron chi connectivity index (χ3n) is 5.13. The van der Waals surface area contributed by atoms with Crippen LogP contribution in [-0.2, 0) is 4.79 Å². The maximum absolute atomic E-state index is 12.5. The van der Waals surface area contributed by atoms with Gasteiger partial charge in [0.2, 0.25) is 5.91 Å². The second-order valence-corrected chi connectivity index (χ2v) is 6.99.